The lowest BCUT2D eigenvalue weighted by atomic mass is 10.0. The Morgan fingerprint density at radius 1 is 0.400 bits per heavy atom. The molecule has 9 rings (SSSR count). The molecule has 0 amide bonds. The predicted molar refractivity (Wildman–Crippen MR) is 267 cm³/mol. The van der Waals surface area contributed by atoms with Crippen molar-refractivity contribution in [2.24, 2.45) is 0 Å². The van der Waals surface area contributed by atoms with Gasteiger partial charge in [-0.3, -0.25) is 19.2 Å². The van der Waals surface area contributed by atoms with Crippen molar-refractivity contribution in [2.75, 3.05) is 40.6 Å². The molecule has 70 heavy (non-hydrogen) atoms. The number of rotatable bonds is 16. The van der Waals surface area contributed by atoms with Crippen molar-refractivity contribution in [1.29, 1.82) is 0 Å². The lowest BCUT2D eigenvalue weighted by molar-refractivity contribution is -0.155. The smallest absolute Gasteiger partial charge is 0.317 e. The van der Waals surface area contributed by atoms with E-state index in [4.69, 9.17) is 28.9 Å². The van der Waals surface area contributed by atoms with E-state index in [-0.39, 0.29) is 26.4 Å². The van der Waals surface area contributed by atoms with Crippen LogP contribution in [0, 0.1) is 0 Å². The molecule has 0 radical (unpaired) electrons. The number of methoxy groups -OCH3 is 2. The molecule has 0 atom stereocenters. The molecule has 5 heterocycles. The number of nitrogens with zero attached hydrogens (tertiary/aromatic N) is 2. The Bertz CT molecular complexity index is 3120. The van der Waals surface area contributed by atoms with Crippen molar-refractivity contribution in [3.05, 3.63) is 156 Å². The minimum absolute atomic E-state index is 0.0552. The normalized spacial score (nSPS) is 11.5. The summed E-state index contributed by atoms with van der Waals surface area (Å²) in [7, 11) is 2.42. The highest BCUT2D eigenvalue weighted by molar-refractivity contribution is 6.00. The standard InChI is InChI=1S/C56H46N4O10/c1-65-49(61)33-51(63)69-29-27-67-39-17-9-15-37(31-39)55-45-23-19-41(57-45)53(35-11-5-3-6-12-35)43-21-25-47(59-43)56(38-16-10-18-40(32-38)68-28-30-70-52(64)34-50(62)66-2)48-26-22-44(60-48)54(36-13-7-4-8-14-36)42-20-24-46(55)58-42/h3-26,31-32,57,60H,27-30,33-34H2,1-2H3. The fraction of sp³-hybridized carbons (Fsp3) is 0.143. The average molecular weight is 935 g/mol. The summed E-state index contributed by atoms with van der Waals surface area (Å²) in [5, 5.41) is 0. The zero-order chi connectivity index (χ0) is 48.4. The SMILES string of the molecule is COC(=O)CC(=O)OCCOc1cccc(-c2c3nc(c(-c4ccccc4)c4ccc([nH]4)c(-c4cccc(OCCOC(=O)CC(=O)OC)c4)c4nc(c(-c5ccccc5)c5ccc2[nH]5)C=C4)C=C3)c1. The third-order valence-corrected chi connectivity index (χ3v) is 11.4. The van der Waals surface area contributed by atoms with E-state index in [1.807, 2.05) is 133 Å². The van der Waals surface area contributed by atoms with Crippen LogP contribution in [0.25, 0.3) is 90.9 Å². The van der Waals surface area contributed by atoms with Gasteiger partial charge in [0.15, 0.2) is 0 Å². The summed E-state index contributed by atoms with van der Waals surface area (Å²) in [6.45, 7) is 0.0135. The Labute approximate surface area is 402 Å². The van der Waals surface area contributed by atoms with Gasteiger partial charge in [-0.15, -0.1) is 0 Å². The van der Waals surface area contributed by atoms with Crippen LogP contribution < -0.4 is 9.47 Å². The number of esters is 4. The van der Waals surface area contributed by atoms with Gasteiger partial charge < -0.3 is 38.4 Å². The minimum atomic E-state index is -0.696. The van der Waals surface area contributed by atoms with E-state index in [0.717, 1.165) is 78.0 Å². The van der Waals surface area contributed by atoms with Gasteiger partial charge >= 0.3 is 23.9 Å². The van der Waals surface area contributed by atoms with Crippen LogP contribution in [0.5, 0.6) is 11.5 Å². The number of H-pyrrole nitrogens is 2. The maximum Gasteiger partial charge on any atom is 0.317 e. The molecule has 350 valence electrons. The molecular formula is C56H46N4O10. The second kappa shape index (κ2) is 21.3. The van der Waals surface area contributed by atoms with Gasteiger partial charge in [0.05, 0.1) is 37.0 Å². The van der Waals surface area contributed by atoms with Gasteiger partial charge in [-0.25, -0.2) is 9.97 Å². The Hall–Kier alpha value is -9.04. The molecule has 2 aliphatic heterocycles. The van der Waals surface area contributed by atoms with Crippen LogP contribution in [0.1, 0.15) is 35.6 Å². The summed E-state index contributed by atoms with van der Waals surface area (Å²) in [5.41, 5.74) is 13.1. The third-order valence-electron chi connectivity index (χ3n) is 11.4. The maximum atomic E-state index is 12.1. The molecule has 2 aliphatic rings. The van der Waals surface area contributed by atoms with Crippen molar-refractivity contribution in [3.8, 4) is 56.0 Å². The quantitative estimate of drug-likeness (QED) is 0.0406. The number of hydrogen-bond donors (Lipinski definition) is 2. The molecule has 0 fully saturated rings. The van der Waals surface area contributed by atoms with E-state index in [1.54, 1.807) is 0 Å². The number of benzene rings is 4. The molecule has 0 aliphatic carbocycles. The topological polar surface area (TPSA) is 181 Å². The van der Waals surface area contributed by atoms with Crippen molar-refractivity contribution >= 4 is 70.2 Å². The fourth-order valence-corrected chi connectivity index (χ4v) is 8.22. The molecule has 4 aromatic carbocycles. The van der Waals surface area contributed by atoms with Crippen molar-refractivity contribution in [2.45, 2.75) is 12.8 Å². The van der Waals surface area contributed by atoms with Gasteiger partial charge in [0.1, 0.15) is 50.8 Å². The summed E-state index contributed by atoms with van der Waals surface area (Å²) in [6, 6.07) is 43.6. The highest BCUT2D eigenvalue weighted by Crippen LogP contribution is 2.39. The van der Waals surface area contributed by atoms with Crippen molar-refractivity contribution < 1.29 is 47.6 Å². The molecular weight excluding hydrogens is 889 g/mol. The van der Waals surface area contributed by atoms with Gasteiger partial charge in [0.2, 0.25) is 0 Å². The van der Waals surface area contributed by atoms with Crippen LogP contribution in [-0.2, 0) is 38.1 Å². The number of nitrogens with one attached hydrogen (secondary N) is 2. The number of ether oxygens (including phenoxy) is 6. The molecule has 14 heteroatoms. The van der Waals surface area contributed by atoms with E-state index in [1.165, 1.54) is 14.2 Å². The number of carbonyl (C=O) groups excluding carboxylic acids is 4. The number of hydrogen-bond acceptors (Lipinski definition) is 12. The predicted octanol–water partition coefficient (Wildman–Crippen LogP) is 10.3. The van der Waals surface area contributed by atoms with Gasteiger partial charge in [0.25, 0.3) is 0 Å². The number of aromatic nitrogens is 4. The van der Waals surface area contributed by atoms with Crippen LogP contribution in [0.3, 0.4) is 0 Å². The second-order valence-electron chi connectivity index (χ2n) is 15.9. The first-order valence-corrected chi connectivity index (χ1v) is 22.4. The molecule has 0 unspecified atom stereocenters. The Morgan fingerprint density at radius 3 is 1.10 bits per heavy atom. The molecule has 3 aromatic heterocycles. The zero-order valence-electron chi connectivity index (χ0n) is 38.2. The van der Waals surface area contributed by atoms with E-state index in [0.29, 0.717) is 22.9 Å². The fourth-order valence-electron chi connectivity index (χ4n) is 8.22. The van der Waals surface area contributed by atoms with E-state index in [2.05, 4.69) is 43.7 Å². The van der Waals surface area contributed by atoms with E-state index in [9.17, 15) is 19.2 Å². The highest BCUT2D eigenvalue weighted by Gasteiger charge is 2.20. The number of fused-ring (bicyclic) bond motifs is 8. The Kier molecular flexibility index (Phi) is 14.0. The lowest BCUT2D eigenvalue weighted by Crippen LogP contribution is -2.16. The first kappa shape index (κ1) is 46.1. The van der Waals surface area contributed by atoms with Gasteiger partial charge in [-0.05, 0) is 95.1 Å². The number of aromatic amines is 2. The molecule has 14 nitrogen and oxygen atoms in total. The first-order chi connectivity index (χ1) is 34.2. The van der Waals surface area contributed by atoms with Crippen LogP contribution in [0.4, 0.5) is 0 Å². The average Bonchev–Trinajstić information content (AvgIpc) is 4.24. The summed E-state index contributed by atoms with van der Waals surface area (Å²) >= 11 is 0. The second-order valence-corrected chi connectivity index (χ2v) is 15.9. The lowest BCUT2D eigenvalue weighted by Gasteiger charge is -2.10. The maximum absolute atomic E-state index is 12.1. The van der Waals surface area contributed by atoms with Crippen molar-refractivity contribution in [1.82, 2.24) is 19.9 Å². The summed E-state index contributed by atoms with van der Waals surface area (Å²) in [6.07, 6.45) is 7.12. The highest BCUT2D eigenvalue weighted by atomic mass is 16.6. The van der Waals surface area contributed by atoms with Gasteiger partial charge in [0, 0.05) is 44.3 Å². The Balaban J connectivity index is 1.21. The zero-order valence-corrected chi connectivity index (χ0v) is 38.2. The van der Waals surface area contributed by atoms with Gasteiger partial charge in [-0.1, -0.05) is 84.9 Å². The summed E-state index contributed by atoms with van der Waals surface area (Å²) in [4.78, 5) is 65.4. The molecule has 0 saturated carbocycles. The van der Waals surface area contributed by atoms with Crippen LogP contribution in [-0.4, -0.2) is 84.5 Å². The Morgan fingerprint density at radius 2 is 0.743 bits per heavy atom. The van der Waals surface area contributed by atoms with E-state index < -0.39 is 36.7 Å². The first-order valence-electron chi connectivity index (χ1n) is 22.4. The minimum Gasteiger partial charge on any atom is -0.490 e. The molecule has 0 saturated heterocycles. The third kappa shape index (κ3) is 10.6. The van der Waals surface area contributed by atoms with E-state index >= 15 is 0 Å². The molecule has 7 aromatic rings. The monoisotopic (exact) mass is 934 g/mol. The summed E-state index contributed by atoms with van der Waals surface area (Å²) in [5.74, 6) is -1.65. The van der Waals surface area contributed by atoms with Gasteiger partial charge in [-0.2, -0.15) is 0 Å². The van der Waals surface area contributed by atoms with Crippen LogP contribution in [0.2, 0.25) is 0 Å². The molecule has 0 spiro atoms. The van der Waals surface area contributed by atoms with Crippen LogP contribution in [0.15, 0.2) is 133 Å². The van der Waals surface area contributed by atoms with Crippen LogP contribution >= 0.6 is 0 Å². The summed E-state index contributed by atoms with van der Waals surface area (Å²) < 4.78 is 31.6. The largest absolute Gasteiger partial charge is 0.490 e. The molecule has 2 N–H and O–H groups in total. The number of carbonyl (C=O) groups is 4. The van der Waals surface area contributed by atoms with Crippen molar-refractivity contribution in [3.63, 3.8) is 0 Å². The molecule has 8 bridgehead atoms.